The summed E-state index contributed by atoms with van der Waals surface area (Å²) in [5, 5.41) is 15.8. The summed E-state index contributed by atoms with van der Waals surface area (Å²) in [6, 6.07) is 7.65. The maximum Gasteiger partial charge on any atom is 0.303 e. The number of hydrogen-bond acceptors (Lipinski definition) is 6. The average molecular weight is 318 g/mol. The van der Waals surface area contributed by atoms with Crippen LogP contribution in [-0.2, 0) is 4.79 Å². The molecule has 0 bridgehead atoms. The van der Waals surface area contributed by atoms with Gasteiger partial charge in [-0.15, -0.1) is 0 Å². The number of para-hydroxylation sites is 1. The molecule has 0 saturated heterocycles. The molecule has 0 spiro atoms. The molecule has 2 rings (SSSR count). The molecule has 1 aliphatic rings. The third kappa shape index (κ3) is 6.37. The summed E-state index contributed by atoms with van der Waals surface area (Å²) in [6.07, 6.45) is 4.27. The minimum absolute atomic E-state index is 0.215. The predicted molar refractivity (Wildman–Crippen MR) is 89.1 cm³/mol. The molecular weight excluding hydrogens is 296 g/mol. The Bertz CT molecular complexity index is 572. The summed E-state index contributed by atoms with van der Waals surface area (Å²) in [5.74, 6) is 0.692. The van der Waals surface area contributed by atoms with Crippen molar-refractivity contribution in [3.05, 3.63) is 29.8 Å². The number of carbonyl (C=O) groups is 1. The minimum atomic E-state index is -0.749. The summed E-state index contributed by atoms with van der Waals surface area (Å²) >= 11 is 0. The van der Waals surface area contributed by atoms with Gasteiger partial charge in [-0.05, 0) is 31.4 Å². The van der Waals surface area contributed by atoms with Gasteiger partial charge in [-0.25, -0.2) is 10.4 Å². The molecule has 1 aliphatic heterocycles. The molecule has 1 aromatic carbocycles. The number of ether oxygens (including phenoxy) is 1. The molecule has 7 heteroatoms. The van der Waals surface area contributed by atoms with Gasteiger partial charge in [0.15, 0.2) is 0 Å². The van der Waals surface area contributed by atoms with Crippen molar-refractivity contribution in [1.29, 1.82) is 0 Å². The smallest absolute Gasteiger partial charge is 0.303 e. The zero-order chi connectivity index (χ0) is 16.3. The van der Waals surface area contributed by atoms with Gasteiger partial charge in [-0.1, -0.05) is 12.1 Å². The molecule has 1 heterocycles. The highest BCUT2D eigenvalue weighted by Gasteiger charge is 2.03. The van der Waals surface area contributed by atoms with Crippen LogP contribution >= 0.6 is 0 Å². The molecule has 0 unspecified atom stereocenters. The van der Waals surface area contributed by atoms with Gasteiger partial charge < -0.3 is 15.2 Å². The fourth-order valence-corrected chi connectivity index (χ4v) is 2.09. The number of guanidine groups is 1. The maximum absolute atomic E-state index is 10.4. The summed E-state index contributed by atoms with van der Waals surface area (Å²) in [5.41, 5.74) is 3.73. The summed E-state index contributed by atoms with van der Waals surface area (Å²) in [7, 11) is 0. The lowest BCUT2D eigenvalue weighted by atomic mass is 10.2. The summed E-state index contributed by atoms with van der Waals surface area (Å²) < 4.78 is 5.75. The Balaban J connectivity index is 1.75. The highest BCUT2D eigenvalue weighted by molar-refractivity contribution is 5.86. The molecule has 0 radical (unpaired) electrons. The van der Waals surface area contributed by atoms with E-state index in [0.717, 1.165) is 37.2 Å². The first-order valence-corrected chi connectivity index (χ1v) is 7.77. The van der Waals surface area contributed by atoms with Crippen LogP contribution in [0.1, 0.15) is 31.2 Å². The van der Waals surface area contributed by atoms with Crippen LogP contribution in [0.5, 0.6) is 5.75 Å². The molecule has 0 atom stereocenters. The van der Waals surface area contributed by atoms with E-state index >= 15 is 0 Å². The van der Waals surface area contributed by atoms with Crippen LogP contribution in [0.4, 0.5) is 0 Å². The number of aliphatic imine (C=N–C) groups is 1. The number of rotatable bonds is 9. The highest BCUT2D eigenvalue weighted by Crippen LogP contribution is 2.16. The van der Waals surface area contributed by atoms with Crippen molar-refractivity contribution in [2.45, 2.75) is 25.7 Å². The van der Waals surface area contributed by atoms with E-state index in [2.05, 4.69) is 20.8 Å². The van der Waals surface area contributed by atoms with Crippen molar-refractivity contribution in [3.63, 3.8) is 0 Å². The van der Waals surface area contributed by atoms with Gasteiger partial charge >= 0.3 is 5.97 Å². The number of carboxylic acid groups (broad SMARTS) is 1. The van der Waals surface area contributed by atoms with Crippen molar-refractivity contribution in [2.24, 2.45) is 10.1 Å². The molecule has 124 valence electrons. The summed E-state index contributed by atoms with van der Waals surface area (Å²) in [6.45, 7) is 2.16. The van der Waals surface area contributed by atoms with Crippen molar-refractivity contribution < 1.29 is 14.6 Å². The van der Waals surface area contributed by atoms with E-state index in [4.69, 9.17) is 9.84 Å². The second-order valence-electron chi connectivity index (χ2n) is 5.12. The lowest BCUT2D eigenvalue weighted by Crippen LogP contribution is -2.30. The Morgan fingerprint density at radius 3 is 3.04 bits per heavy atom. The first-order valence-electron chi connectivity index (χ1n) is 7.77. The fourth-order valence-electron chi connectivity index (χ4n) is 2.09. The first-order chi connectivity index (χ1) is 11.3. The maximum atomic E-state index is 10.4. The van der Waals surface area contributed by atoms with E-state index < -0.39 is 5.97 Å². The Kier molecular flexibility index (Phi) is 6.90. The van der Waals surface area contributed by atoms with Gasteiger partial charge in [-0.3, -0.25) is 4.79 Å². The number of hydrogen-bond donors (Lipinski definition) is 3. The lowest BCUT2D eigenvalue weighted by molar-refractivity contribution is -0.137. The summed E-state index contributed by atoms with van der Waals surface area (Å²) in [4.78, 5) is 14.6. The number of nitrogens with zero attached hydrogens (tertiary/aromatic N) is 2. The number of aliphatic carboxylic acids is 1. The second kappa shape index (κ2) is 9.45. The molecule has 3 N–H and O–H groups in total. The molecule has 0 saturated carbocycles. The predicted octanol–water partition coefficient (Wildman–Crippen LogP) is 1.59. The van der Waals surface area contributed by atoms with Crippen molar-refractivity contribution >= 4 is 18.1 Å². The van der Waals surface area contributed by atoms with Gasteiger partial charge in [0.25, 0.3) is 0 Å². The molecule has 7 nitrogen and oxygen atoms in total. The van der Waals surface area contributed by atoms with Crippen LogP contribution in [0.25, 0.3) is 0 Å². The van der Waals surface area contributed by atoms with E-state index in [1.54, 1.807) is 6.21 Å². The molecular formula is C16H22N4O3. The van der Waals surface area contributed by atoms with Crippen molar-refractivity contribution in [2.75, 3.05) is 19.7 Å². The molecule has 0 aromatic heterocycles. The van der Waals surface area contributed by atoms with Gasteiger partial charge in [0.05, 0.1) is 19.4 Å². The standard InChI is InChI=1S/C16H22N4O3/c21-15(22)8-2-1-5-11-23-14-7-4-3-6-13(14)12-19-20-16-17-9-10-18-16/h3-4,6-7,12H,1-2,5,8-11H2,(H,21,22)(H2,17,18,20)/b19-12+. The Labute approximate surface area is 135 Å². The normalized spacial score (nSPS) is 13.7. The molecule has 23 heavy (non-hydrogen) atoms. The quantitative estimate of drug-likeness (QED) is 0.365. The molecule has 0 amide bonds. The third-order valence-electron chi connectivity index (χ3n) is 3.26. The zero-order valence-corrected chi connectivity index (χ0v) is 13.0. The highest BCUT2D eigenvalue weighted by atomic mass is 16.5. The molecule has 0 aliphatic carbocycles. The van der Waals surface area contributed by atoms with Crippen LogP contribution in [0.3, 0.4) is 0 Å². The van der Waals surface area contributed by atoms with Crippen LogP contribution in [0.15, 0.2) is 34.4 Å². The van der Waals surface area contributed by atoms with Gasteiger partial charge in [0, 0.05) is 18.5 Å². The van der Waals surface area contributed by atoms with Gasteiger partial charge in [0.1, 0.15) is 5.75 Å². The van der Waals surface area contributed by atoms with Gasteiger partial charge in [0.2, 0.25) is 5.96 Å². The van der Waals surface area contributed by atoms with E-state index in [1.165, 1.54) is 0 Å². The number of unbranched alkanes of at least 4 members (excludes halogenated alkanes) is 2. The minimum Gasteiger partial charge on any atom is -0.493 e. The molecule has 1 aromatic rings. The largest absolute Gasteiger partial charge is 0.493 e. The number of carboxylic acids is 1. The van der Waals surface area contributed by atoms with Crippen LogP contribution in [0.2, 0.25) is 0 Å². The van der Waals surface area contributed by atoms with Crippen molar-refractivity contribution in [1.82, 2.24) is 10.7 Å². The van der Waals surface area contributed by atoms with E-state index in [1.807, 2.05) is 24.3 Å². The second-order valence-corrected chi connectivity index (χ2v) is 5.12. The van der Waals surface area contributed by atoms with Crippen molar-refractivity contribution in [3.8, 4) is 5.75 Å². The molecule has 0 fully saturated rings. The third-order valence-corrected chi connectivity index (χ3v) is 3.26. The SMILES string of the molecule is O=C(O)CCCCCOc1ccccc1/C=N/NC1=NCCN1. The first kappa shape index (κ1) is 16.8. The van der Waals surface area contributed by atoms with E-state index in [0.29, 0.717) is 19.0 Å². The van der Waals surface area contributed by atoms with Crippen LogP contribution in [-0.4, -0.2) is 42.9 Å². The van der Waals surface area contributed by atoms with Gasteiger partial charge in [-0.2, -0.15) is 5.10 Å². The Morgan fingerprint density at radius 2 is 2.26 bits per heavy atom. The average Bonchev–Trinajstić information content (AvgIpc) is 3.05. The number of benzene rings is 1. The Hall–Kier alpha value is -2.57. The van der Waals surface area contributed by atoms with E-state index in [9.17, 15) is 4.79 Å². The monoisotopic (exact) mass is 318 g/mol. The number of nitrogens with one attached hydrogen (secondary N) is 2. The Morgan fingerprint density at radius 1 is 1.39 bits per heavy atom. The lowest BCUT2D eigenvalue weighted by Gasteiger charge is -2.08. The fraction of sp³-hybridized carbons (Fsp3) is 0.438. The van der Waals surface area contributed by atoms with Crippen LogP contribution in [0, 0.1) is 0 Å². The zero-order valence-electron chi connectivity index (χ0n) is 13.0. The topological polar surface area (TPSA) is 95.3 Å². The van der Waals surface area contributed by atoms with Crippen LogP contribution < -0.4 is 15.5 Å². The number of hydrazone groups is 1. The van der Waals surface area contributed by atoms with E-state index in [-0.39, 0.29) is 6.42 Å².